The molecule has 0 atom stereocenters. The molecule has 4 heterocycles. The van der Waals surface area contributed by atoms with Crippen LogP contribution in [0.15, 0.2) is 68.9 Å². The van der Waals surface area contributed by atoms with Crippen molar-refractivity contribution in [2.45, 2.75) is 10.9 Å². The predicted octanol–water partition coefficient (Wildman–Crippen LogP) is 2.47. The van der Waals surface area contributed by atoms with Crippen LogP contribution >= 0.6 is 23.1 Å². The van der Waals surface area contributed by atoms with Crippen molar-refractivity contribution in [2.24, 2.45) is 0 Å². The van der Waals surface area contributed by atoms with Crippen LogP contribution in [0.1, 0.15) is 5.69 Å². The molecule has 28 heavy (non-hydrogen) atoms. The van der Waals surface area contributed by atoms with E-state index in [9.17, 15) is 9.59 Å². The summed E-state index contributed by atoms with van der Waals surface area (Å²) in [6.07, 6.45) is 3.21. The molecule has 10 heteroatoms. The number of para-hydroxylation sites is 1. The van der Waals surface area contributed by atoms with Gasteiger partial charge in [0.25, 0.3) is 11.1 Å². The van der Waals surface area contributed by atoms with Gasteiger partial charge < -0.3 is 4.98 Å². The van der Waals surface area contributed by atoms with Crippen molar-refractivity contribution in [3.63, 3.8) is 0 Å². The molecule has 0 radical (unpaired) electrons. The summed E-state index contributed by atoms with van der Waals surface area (Å²) in [6.45, 7) is 0. The van der Waals surface area contributed by atoms with E-state index in [1.54, 1.807) is 10.9 Å². The third-order valence-electron chi connectivity index (χ3n) is 4.13. The number of H-pyrrole nitrogens is 1. The molecule has 138 valence electrons. The number of thiazole rings is 1. The first-order valence-electron chi connectivity index (χ1n) is 8.31. The van der Waals surface area contributed by atoms with Crippen molar-refractivity contribution in [1.82, 2.24) is 29.1 Å². The lowest BCUT2D eigenvalue weighted by atomic mass is 10.3. The molecular weight excluding hydrogens is 396 g/mol. The molecule has 0 saturated heterocycles. The van der Waals surface area contributed by atoms with Gasteiger partial charge in [-0.05, 0) is 12.1 Å². The van der Waals surface area contributed by atoms with Crippen molar-refractivity contribution in [1.29, 1.82) is 0 Å². The van der Waals surface area contributed by atoms with E-state index in [4.69, 9.17) is 0 Å². The molecule has 4 aromatic heterocycles. The summed E-state index contributed by atoms with van der Waals surface area (Å²) >= 11 is 2.72. The van der Waals surface area contributed by atoms with Crippen molar-refractivity contribution in [3.05, 3.63) is 80.6 Å². The third kappa shape index (κ3) is 2.92. The van der Waals surface area contributed by atoms with Crippen molar-refractivity contribution >= 4 is 39.1 Å². The van der Waals surface area contributed by atoms with E-state index in [2.05, 4.69) is 20.1 Å². The zero-order valence-electron chi connectivity index (χ0n) is 14.3. The molecule has 5 aromatic rings. The Kier molecular flexibility index (Phi) is 4.06. The maximum atomic E-state index is 12.4. The number of fused-ring (bicyclic) bond motifs is 2. The fraction of sp³-hybridized carbons (Fsp3) is 0.0556. The number of aromatic nitrogens is 6. The SMILES string of the molecule is O=c1[nH]c(SCc2cc(=O)n3ccsc3n2)nc2c1cnn2-c1ccccc1. The smallest absolute Gasteiger partial charge is 0.262 e. The molecule has 0 unspecified atom stereocenters. The largest absolute Gasteiger partial charge is 0.301 e. The normalized spacial score (nSPS) is 11.4. The number of nitrogens with one attached hydrogen (secondary N) is 1. The van der Waals surface area contributed by atoms with Crippen LogP contribution in [-0.4, -0.2) is 29.1 Å². The maximum Gasteiger partial charge on any atom is 0.262 e. The summed E-state index contributed by atoms with van der Waals surface area (Å²) in [5, 5.41) is 6.98. The highest BCUT2D eigenvalue weighted by molar-refractivity contribution is 7.98. The van der Waals surface area contributed by atoms with Crippen LogP contribution in [0.4, 0.5) is 0 Å². The van der Waals surface area contributed by atoms with E-state index in [0.717, 1.165) is 5.69 Å². The first-order chi connectivity index (χ1) is 13.7. The minimum atomic E-state index is -0.253. The van der Waals surface area contributed by atoms with Gasteiger partial charge in [0.1, 0.15) is 5.39 Å². The fourth-order valence-corrected chi connectivity index (χ4v) is 4.32. The lowest BCUT2D eigenvalue weighted by Gasteiger charge is -2.04. The number of nitrogens with zero attached hydrogens (tertiary/aromatic N) is 5. The Hall–Kier alpha value is -3.24. The Morgan fingerprint density at radius 1 is 1.14 bits per heavy atom. The van der Waals surface area contributed by atoms with Gasteiger partial charge in [0.2, 0.25) is 0 Å². The molecule has 0 aliphatic carbocycles. The third-order valence-corrected chi connectivity index (χ3v) is 5.79. The standard InChI is InChI=1S/C18H12N6O2S2/c25-14-8-11(20-18-23(14)6-7-27-18)10-28-17-21-15-13(16(26)22-17)9-19-24(15)12-4-2-1-3-5-12/h1-9H,10H2,(H,21,22,26). The summed E-state index contributed by atoms with van der Waals surface area (Å²) in [7, 11) is 0. The number of aromatic amines is 1. The van der Waals surface area contributed by atoms with Crippen LogP contribution < -0.4 is 11.1 Å². The quantitative estimate of drug-likeness (QED) is 0.362. The van der Waals surface area contributed by atoms with Gasteiger partial charge in [0.05, 0.1) is 17.6 Å². The van der Waals surface area contributed by atoms with Gasteiger partial charge in [0, 0.05) is 23.4 Å². The monoisotopic (exact) mass is 408 g/mol. The summed E-state index contributed by atoms with van der Waals surface area (Å²) in [6, 6.07) is 11.0. The second-order valence-electron chi connectivity index (χ2n) is 5.93. The Balaban J connectivity index is 1.50. The van der Waals surface area contributed by atoms with E-state index in [1.165, 1.54) is 39.8 Å². The van der Waals surface area contributed by atoms with Crippen LogP contribution in [0.5, 0.6) is 0 Å². The average Bonchev–Trinajstić information content (AvgIpc) is 3.34. The molecule has 1 N–H and O–H groups in total. The molecule has 8 nitrogen and oxygen atoms in total. The van der Waals surface area contributed by atoms with Crippen molar-refractivity contribution in [2.75, 3.05) is 0 Å². The summed E-state index contributed by atoms with van der Waals surface area (Å²) in [4.78, 5) is 37.0. The van der Waals surface area contributed by atoms with E-state index < -0.39 is 0 Å². The first kappa shape index (κ1) is 16.9. The van der Waals surface area contributed by atoms with Gasteiger partial charge in [0.15, 0.2) is 15.8 Å². The Morgan fingerprint density at radius 3 is 2.86 bits per heavy atom. The van der Waals surface area contributed by atoms with Gasteiger partial charge >= 0.3 is 0 Å². The maximum absolute atomic E-state index is 12.4. The number of thioether (sulfide) groups is 1. The zero-order chi connectivity index (χ0) is 19.1. The fourth-order valence-electron chi connectivity index (χ4n) is 2.83. The van der Waals surface area contributed by atoms with E-state index in [0.29, 0.717) is 32.6 Å². The van der Waals surface area contributed by atoms with E-state index in [1.807, 2.05) is 35.7 Å². The minimum absolute atomic E-state index is 0.124. The van der Waals surface area contributed by atoms with Crippen LogP contribution in [0.3, 0.4) is 0 Å². The summed E-state index contributed by atoms with van der Waals surface area (Å²) < 4.78 is 3.14. The first-order valence-corrected chi connectivity index (χ1v) is 10.2. The molecule has 0 amide bonds. The van der Waals surface area contributed by atoms with Gasteiger partial charge in [-0.25, -0.2) is 14.6 Å². The highest BCUT2D eigenvalue weighted by Gasteiger charge is 2.12. The molecule has 0 aliphatic heterocycles. The Labute approximate surface area is 165 Å². The van der Waals surface area contributed by atoms with Gasteiger partial charge in [-0.15, -0.1) is 11.3 Å². The lowest BCUT2D eigenvalue weighted by Crippen LogP contribution is -2.13. The van der Waals surface area contributed by atoms with Gasteiger partial charge in [-0.1, -0.05) is 30.0 Å². The van der Waals surface area contributed by atoms with E-state index >= 15 is 0 Å². The van der Waals surface area contributed by atoms with Crippen LogP contribution in [0.2, 0.25) is 0 Å². The summed E-state index contributed by atoms with van der Waals surface area (Å²) in [5.74, 6) is 0.414. The molecular formula is C18H12N6O2S2. The topological polar surface area (TPSA) is 97.9 Å². The lowest BCUT2D eigenvalue weighted by molar-refractivity contribution is 0.872. The molecule has 0 saturated carbocycles. The molecule has 0 bridgehead atoms. The summed E-state index contributed by atoms with van der Waals surface area (Å²) in [5.41, 5.74) is 1.57. The van der Waals surface area contributed by atoms with Gasteiger partial charge in [-0.2, -0.15) is 5.10 Å². The van der Waals surface area contributed by atoms with E-state index in [-0.39, 0.29) is 11.1 Å². The van der Waals surface area contributed by atoms with Crippen LogP contribution in [0, 0.1) is 0 Å². The van der Waals surface area contributed by atoms with Gasteiger partial charge in [-0.3, -0.25) is 14.0 Å². The molecule has 0 aliphatic rings. The highest BCUT2D eigenvalue weighted by Crippen LogP contribution is 2.20. The Morgan fingerprint density at radius 2 is 2.00 bits per heavy atom. The highest BCUT2D eigenvalue weighted by atomic mass is 32.2. The van der Waals surface area contributed by atoms with Crippen LogP contribution in [0.25, 0.3) is 21.7 Å². The molecule has 0 spiro atoms. The van der Waals surface area contributed by atoms with Crippen molar-refractivity contribution < 1.29 is 0 Å². The Bertz CT molecular complexity index is 1420. The second kappa shape index (κ2) is 6.73. The number of hydrogen-bond donors (Lipinski definition) is 1. The van der Waals surface area contributed by atoms with Crippen LogP contribution in [-0.2, 0) is 5.75 Å². The predicted molar refractivity (Wildman–Crippen MR) is 108 cm³/mol. The minimum Gasteiger partial charge on any atom is -0.301 e. The molecule has 1 aromatic carbocycles. The number of benzene rings is 1. The molecule has 0 fully saturated rings. The molecule has 5 rings (SSSR count). The second-order valence-corrected chi connectivity index (χ2v) is 7.77. The zero-order valence-corrected chi connectivity index (χ0v) is 15.9. The number of hydrogen-bond acceptors (Lipinski definition) is 7. The number of rotatable bonds is 4. The average molecular weight is 408 g/mol. The van der Waals surface area contributed by atoms with Crippen molar-refractivity contribution in [3.8, 4) is 5.69 Å².